The van der Waals surface area contributed by atoms with Gasteiger partial charge in [-0.05, 0) is 25.2 Å². The van der Waals surface area contributed by atoms with Gasteiger partial charge in [-0.3, -0.25) is 0 Å². The molecule has 1 aliphatic rings. The van der Waals surface area contributed by atoms with Crippen LogP contribution in [-0.2, 0) is 4.79 Å². The molecule has 0 spiro atoms. The summed E-state index contributed by atoms with van der Waals surface area (Å²) in [5, 5.41) is 0. The SMILES string of the molecule is CCCCC1CC=CCC1C=O. The van der Waals surface area contributed by atoms with E-state index >= 15 is 0 Å². The van der Waals surface area contributed by atoms with E-state index in [1.165, 1.54) is 19.3 Å². The van der Waals surface area contributed by atoms with Crippen molar-refractivity contribution in [3.63, 3.8) is 0 Å². The predicted octanol–water partition coefficient (Wildman–Crippen LogP) is 2.96. The number of hydrogen-bond donors (Lipinski definition) is 0. The number of allylic oxidation sites excluding steroid dienone is 2. The van der Waals surface area contributed by atoms with Crippen molar-refractivity contribution in [2.45, 2.75) is 39.0 Å². The lowest BCUT2D eigenvalue weighted by Crippen LogP contribution is -2.17. The van der Waals surface area contributed by atoms with Crippen molar-refractivity contribution in [2.75, 3.05) is 0 Å². The van der Waals surface area contributed by atoms with Gasteiger partial charge in [0.2, 0.25) is 0 Å². The first-order chi connectivity index (χ1) is 5.88. The van der Waals surface area contributed by atoms with Crippen molar-refractivity contribution in [3.8, 4) is 0 Å². The smallest absolute Gasteiger partial charge is 0.123 e. The average Bonchev–Trinajstić information content (AvgIpc) is 2.15. The van der Waals surface area contributed by atoms with Crippen molar-refractivity contribution in [1.82, 2.24) is 0 Å². The van der Waals surface area contributed by atoms with Crippen molar-refractivity contribution < 1.29 is 4.79 Å². The minimum atomic E-state index is 0.307. The molecule has 1 aliphatic carbocycles. The van der Waals surface area contributed by atoms with Gasteiger partial charge in [0.25, 0.3) is 0 Å². The summed E-state index contributed by atoms with van der Waals surface area (Å²) < 4.78 is 0. The molecule has 1 nitrogen and oxygen atoms in total. The molecule has 0 aliphatic heterocycles. The average molecular weight is 166 g/mol. The largest absolute Gasteiger partial charge is 0.303 e. The second-order valence-corrected chi connectivity index (χ2v) is 3.65. The van der Waals surface area contributed by atoms with Gasteiger partial charge in [0.15, 0.2) is 0 Å². The molecule has 0 heterocycles. The zero-order valence-electron chi connectivity index (χ0n) is 7.83. The van der Waals surface area contributed by atoms with Crippen molar-refractivity contribution in [2.24, 2.45) is 11.8 Å². The van der Waals surface area contributed by atoms with Gasteiger partial charge < -0.3 is 4.79 Å². The van der Waals surface area contributed by atoms with Gasteiger partial charge in [-0.2, -0.15) is 0 Å². The Labute approximate surface area is 74.9 Å². The second kappa shape index (κ2) is 5.13. The second-order valence-electron chi connectivity index (χ2n) is 3.65. The summed E-state index contributed by atoms with van der Waals surface area (Å²) >= 11 is 0. The Morgan fingerprint density at radius 2 is 2.17 bits per heavy atom. The van der Waals surface area contributed by atoms with E-state index in [0.29, 0.717) is 11.8 Å². The van der Waals surface area contributed by atoms with Crippen LogP contribution >= 0.6 is 0 Å². The Balaban J connectivity index is 2.38. The Morgan fingerprint density at radius 1 is 1.42 bits per heavy atom. The highest BCUT2D eigenvalue weighted by Gasteiger charge is 2.20. The van der Waals surface area contributed by atoms with E-state index in [9.17, 15) is 4.79 Å². The molecule has 2 unspecified atom stereocenters. The molecular formula is C11H18O. The third kappa shape index (κ3) is 2.47. The number of rotatable bonds is 4. The fraction of sp³-hybridized carbons (Fsp3) is 0.727. The van der Waals surface area contributed by atoms with Gasteiger partial charge in [0.05, 0.1) is 0 Å². The topological polar surface area (TPSA) is 17.1 Å². The highest BCUT2D eigenvalue weighted by atomic mass is 16.1. The van der Waals surface area contributed by atoms with Crippen LogP contribution in [0.2, 0.25) is 0 Å². The van der Waals surface area contributed by atoms with Gasteiger partial charge in [-0.15, -0.1) is 0 Å². The molecule has 0 bridgehead atoms. The van der Waals surface area contributed by atoms with Crippen molar-refractivity contribution >= 4 is 6.29 Å². The number of hydrogen-bond acceptors (Lipinski definition) is 1. The minimum absolute atomic E-state index is 0.307. The van der Waals surface area contributed by atoms with E-state index in [2.05, 4.69) is 19.1 Å². The molecular weight excluding hydrogens is 148 g/mol. The van der Waals surface area contributed by atoms with E-state index in [1.54, 1.807) is 0 Å². The molecule has 0 aromatic rings. The van der Waals surface area contributed by atoms with Gasteiger partial charge in [0.1, 0.15) is 6.29 Å². The van der Waals surface area contributed by atoms with Crippen molar-refractivity contribution in [1.29, 1.82) is 0 Å². The molecule has 1 rings (SSSR count). The van der Waals surface area contributed by atoms with Crippen molar-refractivity contribution in [3.05, 3.63) is 12.2 Å². The van der Waals surface area contributed by atoms with Crippen LogP contribution in [0.25, 0.3) is 0 Å². The summed E-state index contributed by atoms with van der Waals surface area (Å²) in [4.78, 5) is 10.7. The maximum atomic E-state index is 10.7. The maximum absolute atomic E-state index is 10.7. The molecule has 0 fully saturated rings. The van der Waals surface area contributed by atoms with Crippen LogP contribution in [0.15, 0.2) is 12.2 Å². The third-order valence-corrected chi connectivity index (χ3v) is 2.72. The summed E-state index contributed by atoms with van der Waals surface area (Å²) in [5.41, 5.74) is 0. The van der Waals surface area contributed by atoms with E-state index in [-0.39, 0.29) is 0 Å². The zero-order chi connectivity index (χ0) is 8.81. The van der Waals surface area contributed by atoms with Gasteiger partial charge >= 0.3 is 0 Å². The summed E-state index contributed by atoms with van der Waals surface area (Å²) in [5.74, 6) is 0.939. The van der Waals surface area contributed by atoms with Gasteiger partial charge in [-0.1, -0.05) is 31.9 Å². The fourth-order valence-corrected chi connectivity index (χ4v) is 1.86. The lowest BCUT2D eigenvalue weighted by Gasteiger charge is -2.23. The first-order valence-corrected chi connectivity index (χ1v) is 4.98. The lowest BCUT2D eigenvalue weighted by atomic mass is 9.81. The van der Waals surface area contributed by atoms with Crippen LogP contribution < -0.4 is 0 Å². The number of carbonyl (C=O) groups excluding carboxylic acids is 1. The Morgan fingerprint density at radius 3 is 2.83 bits per heavy atom. The summed E-state index contributed by atoms with van der Waals surface area (Å²) in [6.45, 7) is 2.20. The maximum Gasteiger partial charge on any atom is 0.123 e. The quantitative estimate of drug-likeness (QED) is 0.463. The standard InChI is InChI=1S/C11H18O/c1-2-3-6-10-7-4-5-8-11(10)9-12/h4-5,9-11H,2-3,6-8H2,1H3. The fourth-order valence-electron chi connectivity index (χ4n) is 1.86. The lowest BCUT2D eigenvalue weighted by molar-refractivity contribution is -0.112. The molecule has 0 aromatic heterocycles. The number of aldehydes is 1. The molecule has 0 saturated carbocycles. The Bertz CT molecular complexity index is 160. The molecule has 1 heteroatoms. The van der Waals surface area contributed by atoms with E-state index in [1.807, 2.05) is 0 Å². The molecule has 2 atom stereocenters. The molecule has 0 radical (unpaired) electrons. The highest BCUT2D eigenvalue weighted by Crippen LogP contribution is 2.28. The van der Waals surface area contributed by atoms with Gasteiger partial charge in [-0.25, -0.2) is 0 Å². The number of unbranched alkanes of at least 4 members (excludes halogenated alkanes) is 1. The van der Waals surface area contributed by atoms with Crippen LogP contribution in [0.4, 0.5) is 0 Å². The monoisotopic (exact) mass is 166 g/mol. The van der Waals surface area contributed by atoms with Crippen LogP contribution in [0.3, 0.4) is 0 Å². The van der Waals surface area contributed by atoms with Crippen LogP contribution in [0, 0.1) is 11.8 Å². The first-order valence-electron chi connectivity index (χ1n) is 4.98. The predicted molar refractivity (Wildman–Crippen MR) is 50.9 cm³/mol. The summed E-state index contributed by atoms with van der Waals surface area (Å²) in [6.07, 6.45) is 11.3. The van der Waals surface area contributed by atoms with Crippen LogP contribution in [-0.4, -0.2) is 6.29 Å². The van der Waals surface area contributed by atoms with Gasteiger partial charge in [0, 0.05) is 5.92 Å². The van der Waals surface area contributed by atoms with Crippen LogP contribution in [0.1, 0.15) is 39.0 Å². The zero-order valence-corrected chi connectivity index (χ0v) is 7.83. The molecule has 0 N–H and O–H groups in total. The van der Waals surface area contributed by atoms with E-state index in [0.717, 1.165) is 19.1 Å². The normalized spacial score (nSPS) is 28.8. The highest BCUT2D eigenvalue weighted by molar-refractivity contribution is 5.54. The van der Waals surface area contributed by atoms with Crippen LogP contribution in [0.5, 0.6) is 0 Å². The Kier molecular flexibility index (Phi) is 4.06. The molecule has 12 heavy (non-hydrogen) atoms. The van der Waals surface area contributed by atoms with E-state index < -0.39 is 0 Å². The minimum Gasteiger partial charge on any atom is -0.303 e. The summed E-state index contributed by atoms with van der Waals surface area (Å²) in [6, 6.07) is 0. The van der Waals surface area contributed by atoms with E-state index in [4.69, 9.17) is 0 Å². The first kappa shape index (κ1) is 9.50. The molecule has 68 valence electrons. The summed E-state index contributed by atoms with van der Waals surface area (Å²) in [7, 11) is 0. The number of carbonyl (C=O) groups is 1. The molecule has 0 aromatic carbocycles. The molecule has 0 amide bonds. The Hall–Kier alpha value is -0.590. The molecule has 0 saturated heterocycles. The third-order valence-electron chi connectivity index (χ3n) is 2.72.